The van der Waals surface area contributed by atoms with Crippen LogP contribution in [-0.2, 0) is 0 Å². The Kier molecular flexibility index (Phi) is 6.23. The van der Waals surface area contributed by atoms with E-state index in [0.717, 1.165) is 33.0 Å². The van der Waals surface area contributed by atoms with Gasteiger partial charge in [0.05, 0.1) is 11.1 Å². The second kappa shape index (κ2) is 7.73. The van der Waals surface area contributed by atoms with Crippen molar-refractivity contribution in [1.82, 2.24) is 5.32 Å². The molecule has 0 aliphatic heterocycles. The predicted molar refractivity (Wildman–Crippen MR) is 93.4 cm³/mol. The van der Waals surface area contributed by atoms with Gasteiger partial charge in [0.25, 0.3) is 0 Å². The van der Waals surface area contributed by atoms with E-state index in [2.05, 4.69) is 44.1 Å². The highest BCUT2D eigenvalue weighted by molar-refractivity contribution is 9.11. The zero-order valence-corrected chi connectivity index (χ0v) is 15.4. The van der Waals surface area contributed by atoms with E-state index in [0.29, 0.717) is 0 Å². The minimum Gasteiger partial charge on any atom is -0.306 e. The minimum atomic E-state index is -0.399. The van der Waals surface area contributed by atoms with Gasteiger partial charge in [-0.05, 0) is 48.4 Å². The standard InChI is InChI=1S/C16H15Br2ClFN/c1-2-8-21-16(11-4-3-5-14(20)15(11)19)12-9-10(17)6-7-13(12)18/h3-7,9,16,21H,2,8H2,1H3. The van der Waals surface area contributed by atoms with E-state index in [1.54, 1.807) is 6.07 Å². The van der Waals surface area contributed by atoms with Crippen molar-refractivity contribution in [2.24, 2.45) is 0 Å². The average molecular weight is 436 g/mol. The summed E-state index contributed by atoms with van der Waals surface area (Å²) in [5.41, 5.74) is 1.76. The molecule has 0 fully saturated rings. The molecule has 1 unspecified atom stereocenters. The van der Waals surface area contributed by atoms with Crippen molar-refractivity contribution in [3.63, 3.8) is 0 Å². The maximum atomic E-state index is 13.8. The van der Waals surface area contributed by atoms with Crippen LogP contribution in [0.3, 0.4) is 0 Å². The third-order valence-electron chi connectivity index (χ3n) is 3.16. The molecule has 112 valence electrons. The highest BCUT2D eigenvalue weighted by Crippen LogP contribution is 2.35. The third kappa shape index (κ3) is 4.07. The maximum absolute atomic E-state index is 13.8. The first-order valence-corrected chi connectivity index (χ1v) is 8.63. The fraction of sp³-hybridized carbons (Fsp3) is 0.250. The van der Waals surface area contributed by atoms with Crippen molar-refractivity contribution < 1.29 is 4.39 Å². The number of halogens is 4. The second-order valence-electron chi connectivity index (χ2n) is 4.70. The molecule has 5 heteroatoms. The Morgan fingerprint density at radius 2 is 1.95 bits per heavy atom. The molecule has 0 radical (unpaired) electrons. The quantitative estimate of drug-likeness (QED) is 0.599. The molecule has 0 heterocycles. The summed E-state index contributed by atoms with van der Waals surface area (Å²) in [5.74, 6) is -0.399. The van der Waals surface area contributed by atoms with Gasteiger partial charge >= 0.3 is 0 Å². The van der Waals surface area contributed by atoms with Crippen LogP contribution in [0.15, 0.2) is 45.3 Å². The van der Waals surface area contributed by atoms with E-state index < -0.39 is 5.82 Å². The highest BCUT2D eigenvalue weighted by Gasteiger charge is 2.20. The van der Waals surface area contributed by atoms with Crippen molar-refractivity contribution in [3.05, 3.63) is 67.3 Å². The van der Waals surface area contributed by atoms with Crippen LogP contribution in [0.1, 0.15) is 30.5 Å². The lowest BCUT2D eigenvalue weighted by atomic mass is 9.98. The Labute approximate surface area is 146 Å². The van der Waals surface area contributed by atoms with Gasteiger partial charge in [0, 0.05) is 8.95 Å². The molecule has 1 nitrogen and oxygen atoms in total. The normalized spacial score (nSPS) is 12.4. The zero-order chi connectivity index (χ0) is 15.4. The van der Waals surface area contributed by atoms with Crippen molar-refractivity contribution in [2.45, 2.75) is 19.4 Å². The van der Waals surface area contributed by atoms with E-state index >= 15 is 0 Å². The van der Waals surface area contributed by atoms with E-state index in [1.807, 2.05) is 24.3 Å². The Morgan fingerprint density at radius 1 is 1.19 bits per heavy atom. The molecule has 0 spiro atoms. The van der Waals surface area contributed by atoms with Gasteiger partial charge in [0.15, 0.2) is 0 Å². The molecule has 2 aromatic carbocycles. The lowest BCUT2D eigenvalue weighted by Crippen LogP contribution is -2.24. The molecule has 0 aromatic heterocycles. The Hall–Kier alpha value is -0.420. The number of nitrogens with one attached hydrogen (secondary N) is 1. The summed E-state index contributed by atoms with van der Waals surface area (Å²) in [6.07, 6.45) is 0.981. The number of benzene rings is 2. The first-order chi connectivity index (χ1) is 10.0. The van der Waals surface area contributed by atoms with Gasteiger partial charge in [-0.25, -0.2) is 4.39 Å². The Morgan fingerprint density at radius 3 is 2.67 bits per heavy atom. The fourth-order valence-electron chi connectivity index (χ4n) is 2.16. The van der Waals surface area contributed by atoms with Gasteiger partial charge in [-0.2, -0.15) is 0 Å². The van der Waals surface area contributed by atoms with Crippen LogP contribution >= 0.6 is 43.5 Å². The van der Waals surface area contributed by atoms with Crippen LogP contribution in [0.25, 0.3) is 0 Å². The Balaban J connectivity index is 2.52. The molecule has 1 N–H and O–H groups in total. The van der Waals surface area contributed by atoms with Crippen LogP contribution in [0, 0.1) is 5.82 Å². The van der Waals surface area contributed by atoms with Gasteiger partial charge in [0.1, 0.15) is 5.82 Å². The summed E-state index contributed by atoms with van der Waals surface area (Å²) >= 11 is 13.2. The molecule has 0 saturated heterocycles. The maximum Gasteiger partial charge on any atom is 0.142 e. The van der Waals surface area contributed by atoms with Crippen molar-refractivity contribution in [2.75, 3.05) is 6.54 Å². The van der Waals surface area contributed by atoms with Crippen LogP contribution in [0.5, 0.6) is 0 Å². The first-order valence-electron chi connectivity index (χ1n) is 6.66. The Bertz CT molecular complexity index is 632. The summed E-state index contributed by atoms with van der Waals surface area (Å²) in [6.45, 7) is 2.91. The van der Waals surface area contributed by atoms with Crippen molar-refractivity contribution in [1.29, 1.82) is 0 Å². The van der Waals surface area contributed by atoms with Crippen molar-refractivity contribution >= 4 is 43.5 Å². The molecule has 0 aliphatic rings. The van der Waals surface area contributed by atoms with Crippen molar-refractivity contribution in [3.8, 4) is 0 Å². The third-order valence-corrected chi connectivity index (χ3v) is 4.77. The topological polar surface area (TPSA) is 12.0 Å². The molecular weight excluding hydrogens is 420 g/mol. The van der Waals surface area contributed by atoms with Gasteiger partial charge < -0.3 is 5.32 Å². The van der Waals surface area contributed by atoms with Gasteiger partial charge in [-0.15, -0.1) is 0 Å². The molecule has 0 amide bonds. The first kappa shape index (κ1) is 16.9. The average Bonchev–Trinajstić information content (AvgIpc) is 2.47. The lowest BCUT2D eigenvalue weighted by molar-refractivity contribution is 0.584. The minimum absolute atomic E-state index is 0.165. The SMILES string of the molecule is CCCNC(c1cc(Br)ccc1Br)c1cccc(F)c1Cl. The van der Waals surface area contributed by atoms with E-state index in [-0.39, 0.29) is 11.1 Å². The summed E-state index contributed by atoms with van der Waals surface area (Å²) in [5, 5.41) is 3.60. The predicted octanol–water partition coefficient (Wildman–Crippen LogP) is 6.09. The van der Waals surface area contributed by atoms with E-state index in [1.165, 1.54) is 6.07 Å². The monoisotopic (exact) mass is 433 g/mol. The smallest absolute Gasteiger partial charge is 0.142 e. The summed E-state index contributed by atoms with van der Waals surface area (Å²) in [7, 11) is 0. The zero-order valence-electron chi connectivity index (χ0n) is 11.5. The molecule has 21 heavy (non-hydrogen) atoms. The van der Waals surface area contributed by atoms with Crippen LogP contribution in [-0.4, -0.2) is 6.54 Å². The number of hydrogen-bond donors (Lipinski definition) is 1. The van der Waals surface area contributed by atoms with Gasteiger partial charge in [-0.1, -0.05) is 62.5 Å². The molecular formula is C16H15Br2ClFN. The van der Waals surface area contributed by atoms with Gasteiger partial charge in [-0.3, -0.25) is 0 Å². The molecule has 2 aromatic rings. The summed E-state index contributed by atoms with van der Waals surface area (Å²) in [4.78, 5) is 0. The van der Waals surface area contributed by atoms with E-state index in [9.17, 15) is 4.39 Å². The van der Waals surface area contributed by atoms with Crippen LogP contribution in [0.2, 0.25) is 5.02 Å². The molecule has 1 atom stereocenters. The van der Waals surface area contributed by atoms with Crippen LogP contribution in [0.4, 0.5) is 4.39 Å². The number of hydrogen-bond acceptors (Lipinski definition) is 1. The summed E-state index contributed by atoms with van der Waals surface area (Å²) < 4.78 is 15.7. The number of rotatable bonds is 5. The fourth-order valence-corrected chi connectivity index (χ4v) is 3.24. The van der Waals surface area contributed by atoms with E-state index in [4.69, 9.17) is 11.6 Å². The molecule has 2 rings (SSSR count). The highest BCUT2D eigenvalue weighted by atomic mass is 79.9. The largest absolute Gasteiger partial charge is 0.306 e. The second-order valence-corrected chi connectivity index (χ2v) is 6.84. The van der Waals surface area contributed by atoms with Crippen LogP contribution < -0.4 is 5.32 Å². The lowest BCUT2D eigenvalue weighted by Gasteiger charge is -2.22. The summed E-state index contributed by atoms with van der Waals surface area (Å²) in [6, 6.07) is 10.7. The van der Waals surface area contributed by atoms with Gasteiger partial charge in [0.2, 0.25) is 0 Å². The molecule has 0 saturated carbocycles. The molecule has 0 aliphatic carbocycles. The molecule has 0 bridgehead atoms.